The molecule has 0 unspecified atom stereocenters. The lowest BCUT2D eigenvalue weighted by Crippen LogP contribution is -1.81. The molecule has 70 valence electrons. The van der Waals surface area contributed by atoms with Crippen molar-refractivity contribution in [2.24, 2.45) is 7.05 Å². The first-order valence-electron chi connectivity index (χ1n) is 4.43. The van der Waals surface area contributed by atoms with Gasteiger partial charge < -0.3 is 4.57 Å². The molecule has 0 bridgehead atoms. The first-order valence-corrected chi connectivity index (χ1v) is 5.42. The van der Waals surface area contributed by atoms with Crippen LogP contribution in [0.3, 0.4) is 0 Å². The van der Waals surface area contributed by atoms with Gasteiger partial charge in [0.05, 0.1) is 5.75 Å². The second-order valence-corrected chi connectivity index (χ2v) is 4.13. The van der Waals surface area contributed by atoms with Gasteiger partial charge in [-0.15, -0.1) is 18.2 Å². The number of thioether (sulfide) groups is 1. The lowest BCUT2D eigenvalue weighted by Gasteiger charge is -1.94. The summed E-state index contributed by atoms with van der Waals surface area (Å²) in [6.07, 6.45) is 7.38. The first kappa shape index (κ1) is 9.23. The predicted octanol–water partition coefficient (Wildman–Crippen LogP) is 2.90. The fourth-order valence-corrected chi connectivity index (χ4v) is 2.34. The minimum absolute atomic E-state index is 0.730. The van der Waals surface area contributed by atoms with Crippen LogP contribution in [0, 0.1) is 12.3 Å². The summed E-state index contributed by atoms with van der Waals surface area (Å²) in [5.41, 5.74) is 1.26. The van der Waals surface area contributed by atoms with Crippen molar-refractivity contribution in [1.82, 2.24) is 4.57 Å². The van der Waals surface area contributed by atoms with Crippen molar-refractivity contribution >= 4 is 22.7 Å². The maximum Gasteiger partial charge on any atom is 0.0592 e. The number of fused-ring (bicyclic) bond motifs is 1. The number of rotatable bonds is 2. The third-order valence-electron chi connectivity index (χ3n) is 2.17. The third-order valence-corrected chi connectivity index (χ3v) is 3.12. The monoisotopic (exact) mass is 201 g/mol. The van der Waals surface area contributed by atoms with Gasteiger partial charge in [-0.1, -0.05) is 24.1 Å². The van der Waals surface area contributed by atoms with E-state index in [1.165, 1.54) is 15.8 Å². The molecule has 2 aromatic rings. The Bertz CT molecular complexity index is 490. The van der Waals surface area contributed by atoms with Gasteiger partial charge in [-0.05, 0) is 6.07 Å². The molecule has 0 aliphatic rings. The van der Waals surface area contributed by atoms with E-state index in [4.69, 9.17) is 6.42 Å². The van der Waals surface area contributed by atoms with E-state index in [9.17, 15) is 0 Å². The molecule has 1 nitrogen and oxygen atoms in total. The van der Waals surface area contributed by atoms with Gasteiger partial charge in [-0.25, -0.2) is 0 Å². The molecule has 0 spiro atoms. The van der Waals surface area contributed by atoms with Crippen molar-refractivity contribution in [3.05, 3.63) is 30.5 Å². The van der Waals surface area contributed by atoms with Crippen molar-refractivity contribution in [3.63, 3.8) is 0 Å². The first-order chi connectivity index (χ1) is 6.83. The van der Waals surface area contributed by atoms with Crippen LogP contribution in [0.25, 0.3) is 10.9 Å². The molecule has 0 atom stereocenters. The molecule has 0 aliphatic heterocycles. The number of terminal acetylenes is 1. The largest absolute Gasteiger partial charge is 0.349 e. The molecular weight excluding hydrogens is 190 g/mol. The highest BCUT2D eigenvalue weighted by atomic mass is 32.2. The zero-order valence-electron chi connectivity index (χ0n) is 8.03. The summed E-state index contributed by atoms with van der Waals surface area (Å²) < 4.78 is 2.13. The molecular formula is C12H11NS. The topological polar surface area (TPSA) is 4.93 Å². The zero-order valence-corrected chi connectivity index (χ0v) is 8.84. The van der Waals surface area contributed by atoms with Gasteiger partial charge in [0.15, 0.2) is 0 Å². The number of benzene rings is 1. The van der Waals surface area contributed by atoms with Gasteiger partial charge >= 0.3 is 0 Å². The van der Waals surface area contributed by atoms with E-state index in [-0.39, 0.29) is 0 Å². The SMILES string of the molecule is C#CCSc1cn(C)c2ccccc12. The second-order valence-electron chi connectivity index (χ2n) is 3.11. The minimum Gasteiger partial charge on any atom is -0.349 e. The molecule has 0 radical (unpaired) electrons. The number of aromatic nitrogens is 1. The van der Waals surface area contributed by atoms with Crippen LogP contribution in [-0.2, 0) is 7.05 Å². The van der Waals surface area contributed by atoms with Gasteiger partial charge in [0.2, 0.25) is 0 Å². The molecule has 1 aromatic heterocycles. The molecule has 0 amide bonds. The maximum absolute atomic E-state index is 5.25. The fourth-order valence-electron chi connectivity index (χ4n) is 1.54. The third kappa shape index (κ3) is 1.51. The van der Waals surface area contributed by atoms with E-state index in [1.807, 2.05) is 0 Å². The Morgan fingerprint density at radius 3 is 3.00 bits per heavy atom. The van der Waals surface area contributed by atoms with Crippen molar-refractivity contribution in [3.8, 4) is 12.3 Å². The van der Waals surface area contributed by atoms with Crippen LogP contribution in [0.2, 0.25) is 0 Å². The normalized spacial score (nSPS) is 10.3. The van der Waals surface area contributed by atoms with Crippen LogP contribution in [-0.4, -0.2) is 10.3 Å². The van der Waals surface area contributed by atoms with Crippen LogP contribution in [0.1, 0.15) is 0 Å². The summed E-state index contributed by atoms with van der Waals surface area (Å²) in [4.78, 5) is 1.26. The maximum atomic E-state index is 5.25. The summed E-state index contributed by atoms with van der Waals surface area (Å²) in [6.45, 7) is 0. The molecule has 2 rings (SSSR count). The molecule has 2 heteroatoms. The highest BCUT2D eigenvalue weighted by Gasteiger charge is 2.04. The molecule has 1 aromatic carbocycles. The van der Waals surface area contributed by atoms with Crippen molar-refractivity contribution in [1.29, 1.82) is 0 Å². The van der Waals surface area contributed by atoms with Crippen molar-refractivity contribution < 1.29 is 0 Å². The minimum atomic E-state index is 0.730. The molecule has 14 heavy (non-hydrogen) atoms. The summed E-state index contributed by atoms with van der Waals surface area (Å²) in [7, 11) is 2.06. The molecule has 0 N–H and O–H groups in total. The van der Waals surface area contributed by atoms with Crippen molar-refractivity contribution in [2.75, 3.05) is 5.75 Å². The Labute approximate surface area is 88.1 Å². The standard InChI is InChI=1S/C12H11NS/c1-3-8-14-12-9-13(2)11-7-5-4-6-10(11)12/h1,4-7,9H,8H2,2H3. The smallest absolute Gasteiger partial charge is 0.0592 e. The number of para-hydroxylation sites is 1. The molecule has 0 fully saturated rings. The summed E-state index contributed by atoms with van der Waals surface area (Å²) in [5.74, 6) is 3.37. The Kier molecular flexibility index (Phi) is 2.51. The summed E-state index contributed by atoms with van der Waals surface area (Å²) >= 11 is 1.71. The van der Waals surface area contributed by atoms with Crippen LogP contribution in [0.5, 0.6) is 0 Å². The molecule has 0 aliphatic carbocycles. The van der Waals surface area contributed by atoms with E-state index in [0.29, 0.717) is 0 Å². The highest BCUT2D eigenvalue weighted by molar-refractivity contribution is 7.99. The van der Waals surface area contributed by atoms with Crippen LogP contribution in [0.4, 0.5) is 0 Å². The zero-order chi connectivity index (χ0) is 9.97. The van der Waals surface area contributed by atoms with E-state index >= 15 is 0 Å². The Hall–Kier alpha value is -1.33. The summed E-state index contributed by atoms with van der Waals surface area (Å²) in [5, 5.41) is 1.29. The summed E-state index contributed by atoms with van der Waals surface area (Å²) in [6, 6.07) is 8.36. The lowest BCUT2D eigenvalue weighted by molar-refractivity contribution is 0.958. The molecule has 0 saturated heterocycles. The second kappa shape index (κ2) is 3.81. The van der Waals surface area contributed by atoms with Gasteiger partial charge in [0, 0.05) is 29.0 Å². The van der Waals surface area contributed by atoms with Gasteiger partial charge in [-0.3, -0.25) is 0 Å². The predicted molar refractivity (Wildman–Crippen MR) is 62.5 cm³/mol. The van der Waals surface area contributed by atoms with Crippen molar-refractivity contribution in [2.45, 2.75) is 4.90 Å². The molecule has 1 heterocycles. The number of aryl methyl sites for hydroxylation is 1. The van der Waals surface area contributed by atoms with Crippen LogP contribution < -0.4 is 0 Å². The van der Waals surface area contributed by atoms with E-state index in [1.54, 1.807) is 11.8 Å². The highest BCUT2D eigenvalue weighted by Crippen LogP contribution is 2.28. The average molecular weight is 201 g/mol. The van der Waals surface area contributed by atoms with E-state index < -0.39 is 0 Å². The number of hydrogen-bond acceptors (Lipinski definition) is 1. The van der Waals surface area contributed by atoms with E-state index in [2.05, 4.69) is 48.0 Å². The quantitative estimate of drug-likeness (QED) is 0.534. The molecule has 0 saturated carbocycles. The lowest BCUT2D eigenvalue weighted by atomic mass is 10.2. The Morgan fingerprint density at radius 2 is 2.21 bits per heavy atom. The van der Waals surface area contributed by atoms with Crippen LogP contribution in [0.15, 0.2) is 35.4 Å². The Balaban J connectivity index is 2.51. The number of hydrogen-bond donors (Lipinski definition) is 0. The van der Waals surface area contributed by atoms with Gasteiger partial charge in [-0.2, -0.15) is 0 Å². The van der Waals surface area contributed by atoms with Crippen LogP contribution >= 0.6 is 11.8 Å². The Morgan fingerprint density at radius 1 is 1.43 bits per heavy atom. The average Bonchev–Trinajstić information content (AvgIpc) is 2.54. The number of nitrogens with zero attached hydrogens (tertiary/aromatic N) is 1. The fraction of sp³-hybridized carbons (Fsp3) is 0.167. The van der Waals surface area contributed by atoms with Gasteiger partial charge in [0.25, 0.3) is 0 Å². The van der Waals surface area contributed by atoms with E-state index in [0.717, 1.165) is 5.75 Å². The van der Waals surface area contributed by atoms with Gasteiger partial charge in [0.1, 0.15) is 0 Å².